The number of aromatic nitrogens is 1. The summed E-state index contributed by atoms with van der Waals surface area (Å²) < 4.78 is 0. The summed E-state index contributed by atoms with van der Waals surface area (Å²) in [5.41, 5.74) is 3.24. The van der Waals surface area contributed by atoms with E-state index in [1.54, 1.807) is 0 Å². The van der Waals surface area contributed by atoms with Crippen molar-refractivity contribution < 1.29 is 4.79 Å². The molecule has 0 radical (unpaired) electrons. The molecule has 1 amide bonds. The summed E-state index contributed by atoms with van der Waals surface area (Å²) in [5, 5.41) is 4.85. The lowest BCUT2D eigenvalue weighted by atomic mass is 9.85. The second-order valence-electron chi connectivity index (χ2n) is 7.42. The number of pyridine rings is 1. The first-order chi connectivity index (χ1) is 13.1. The van der Waals surface area contributed by atoms with Crippen molar-refractivity contribution in [1.82, 2.24) is 10.3 Å². The standard InChI is InChI=1S/C23H23ClN2O/c1-15-6-2-4-8-20(15)26-23(27)19-14-22(16-10-12-17(24)13-11-16)25-21-9-5-3-7-18(19)21/h3,5,7,9-15,20H,2,4,6,8H2,1H3,(H,26,27). The lowest BCUT2D eigenvalue weighted by Crippen LogP contribution is -2.41. The highest BCUT2D eigenvalue weighted by Gasteiger charge is 2.24. The predicted molar refractivity (Wildman–Crippen MR) is 111 cm³/mol. The zero-order valence-corrected chi connectivity index (χ0v) is 16.2. The van der Waals surface area contributed by atoms with Crippen molar-refractivity contribution in [3.8, 4) is 11.3 Å². The largest absolute Gasteiger partial charge is 0.349 e. The van der Waals surface area contributed by atoms with Crippen LogP contribution in [0.5, 0.6) is 0 Å². The number of para-hydroxylation sites is 1. The number of halogens is 1. The molecule has 4 heteroatoms. The highest BCUT2D eigenvalue weighted by atomic mass is 35.5. The SMILES string of the molecule is CC1CCCCC1NC(=O)c1cc(-c2ccc(Cl)cc2)nc2ccccc12. The van der Waals surface area contributed by atoms with Crippen LogP contribution in [0.2, 0.25) is 5.02 Å². The van der Waals surface area contributed by atoms with Gasteiger partial charge in [-0.25, -0.2) is 4.98 Å². The second kappa shape index (κ2) is 7.69. The number of hydrogen-bond donors (Lipinski definition) is 1. The summed E-state index contributed by atoms with van der Waals surface area (Å²) in [6.45, 7) is 2.23. The van der Waals surface area contributed by atoms with E-state index in [0.29, 0.717) is 16.5 Å². The number of rotatable bonds is 3. The Morgan fingerprint density at radius 3 is 2.59 bits per heavy atom. The summed E-state index contributed by atoms with van der Waals surface area (Å²) in [4.78, 5) is 17.9. The molecule has 3 nitrogen and oxygen atoms in total. The van der Waals surface area contributed by atoms with Gasteiger partial charge in [-0.05, 0) is 43.0 Å². The van der Waals surface area contributed by atoms with Crippen LogP contribution in [0.3, 0.4) is 0 Å². The summed E-state index contributed by atoms with van der Waals surface area (Å²) in [6.07, 6.45) is 4.67. The van der Waals surface area contributed by atoms with Crippen LogP contribution in [0.15, 0.2) is 54.6 Å². The molecule has 2 unspecified atom stereocenters. The molecule has 1 aliphatic carbocycles. The van der Waals surface area contributed by atoms with E-state index in [4.69, 9.17) is 16.6 Å². The van der Waals surface area contributed by atoms with Gasteiger partial charge in [0.05, 0.1) is 16.8 Å². The minimum Gasteiger partial charge on any atom is -0.349 e. The van der Waals surface area contributed by atoms with Gasteiger partial charge in [-0.2, -0.15) is 0 Å². The van der Waals surface area contributed by atoms with E-state index in [2.05, 4.69) is 12.2 Å². The number of carbonyl (C=O) groups is 1. The van der Waals surface area contributed by atoms with E-state index >= 15 is 0 Å². The molecule has 1 heterocycles. The highest BCUT2D eigenvalue weighted by molar-refractivity contribution is 6.30. The van der Waals surface area contributed by atoms with Crippen LogP contribution in [-0.4, -0.2) is 16.9 Å². The van der Waals surface area contributed by atoms with E-state index in [9.17, 15) is 4.79 Å². The third kappa shape index (κ3) is 3.84. The Labute approximate surface area is 164 Å². The molecule has 0 aliphatic heterocycles. The van der Waals surface area contributed by atoms with Crippen LogP contribution in [-0.2, 0) is 0 Å². The predicted octanol–water partition coefficient (Wildman–Crippen LogP) is 5.86. The van der Waals surface area contributed by atoms with E-state index in [1.165, 1.54) is 19.3 Å². The molecule has 0 bridgehead atoms. The molecule has 0 spiro atoms. The maximum atomic E-state index is 13.2. The minimum atomic E-state index is -0.0115. The molecule has 138 valence electrons. The van der Waals surface area contributed by atoms with Crippen molar-refractivity contribution in [2.24, 2.45) is 5.92 Å². The molecule has 1 saturated carbocycles. The monoisotopic (exact) mass is 378 g/mol. The Balaban J connectivity index is 1.74. The minimum absolute atomic E-state index is 0.0115. The van der Waals surface area contributed by atoms with Crippen molar-refractivity contribution in [1.29, 1.82) is 0 Å². The van der Waals surface area contributed by atoms with Gasteiger partial charge in [0.15, 0.2) is 0 Å². The fraction of sp³-hybridized carbons (Fsp3) is 0.304. The first-order valence-corrected chi connectivity index (χ1v) is 9.96. The highest BCUT2D eigenvalue weighted by Crippen LogP contribution is 2.28. The Morgan fingerprint density at radius 2 is 1.81 bits per heavy atom. The average molecular weight is 379 g/mol. The summed E-state index contributed by atoms with van der Waals surface area (Å²) >= 11 is 6.01. The van der Waals surface area contributed by atoms with Crippen molar-refractivity contribution in [3.05, 3.63) is 65.2 Å². The molecule has 1 aromatic heterocycles. The van der Waals surface area contributed by atoms with Crippen LogP contribution in [0.1, 0.15) is 43.0 Å². The molecule has 1 aliphatic rings. The smallest absolute Gasteiger partial charge is 0.252 e. The summed E-state index contributed by atoms with van der Waals surface area (Å²) in [6, 6.07) is 17.5. The molecule has 2 aromatic carbocycles. The first-order valence-electron chi connectivity index (χ1n) is 9.58. The van der Waals surface area contributed by atoms with E-state index < -0.39 is 0 Å². The van der Waals surface area contributed by atoms with Crippen LogP contribution in [0.25, 0.3) is 22.2 Å². The van der Waals surface area contributed by atoms with Crippen LogP contribution >= 0.6 is 11.6 Å². The van der Waals surface area contributed by atoms with E-state index in [-0.39, 0.29) is 11.9 Å². The first kappa shape index (κ1) is 18.0. The fourth-order valence-electron chi connectivity index (χ4n) is 3.91. The van der Waals surface area contributed by atoms with E-state index in [1.807, 2.05) is 54.6 Å². The molecular formula is C23H23ClN2O. The van der Waals surface area contributed by atoms with Gasteiger partial charge in [0, 0.05) is 22.0 Å². The maximum Gasteiger partial charge on any atom is 0.252 e. The lowest BCUT2D eigenvalue weighted by molar-refractivity contribution is 0.0912. The van der Waals surface area contributed by atoms with Gasteiger partial charge >= 0.3 is 0 Å². The lowest BCUT2D eigenvalue weighted by Gasteiger charge is -2.29. The third-order valence-electron chi connectivity index (χ3n) is 5.53. The van der Waals surface area contributed by atoms with Crippen molar-refractivity contribution in [3.63, 3.8) is 0 Å². The Morgan fingerprint density at radius 1 is 1.07 bits per heavy atom. The molecule has 2 atom stereocenters. The number of carbonyl (C=O) groups excluding carboxylic acids is 1. The van der Waals surface area contributed by atoms with Gasteiger partial charge in [0.25, 0.3) is 5.91 Å². The third-order valence-corrected chi connectivity index (χ3v) is 5.78. The second-order valence-corrected chi connectivity index (χ2v) is 7.86. The number of nitrogens with zero attached hydrogens (tertiary/aromatic N) is 1. The number of amides is 1. The number of fused-ring (bicyclic) bond motifs is 1. The molecule has 1 fully saturated rings. The van der Waals surface area contributed by atoms with E-state index in [0.717, 1.165) is 28.6 Å². The van der Waals surface area contributed by atoms with Crippen molar-refractivity contribution in [2.45, 2.75) is 38.6 Å². The topological polar surface area (TPSA) is 42.0 Å². The number of benzene rings is 2. The average Bonchev–Trinajstić information content (AvgIpc) is 2.69. The fourth-order valence-corrected chi connectivity index (χ4v) is 4.03. The van der Waals surface area contributed by atoms with Gasteiger partial charge in [-0.3, -0.25) is 4.79 Å². The normalized spacial score (nSPS) is 19.8. The van der Waals surface area contributed by atoms with Gasteiger partial charge in [0.1, 0.15) is 0 Å². The Hall–Kier alpha value is -2.39. The zero-order chi connectivity index (χ0) is 18.8. The molecule has 3 aromatic rings. The zero-order valence-electron chi connectivity index (χ0n) is 15.4. The maximum absolute atomic E-state index is 13.2. The van der Waals surface area contributed by atoms with Gasteiger partial charge in [-0.1, -0.05) is 61.7 Å². The quantitative estimate of drug-likeness (QED) is 0.619. The molecule has 4 rings (SSSR count). The van der Waals surface area contributed by atoms with Gasteiger partial charge in [-0.15, -0.1) is 0 Å². The molecule has 27 heavy (non-hydrogen) atoms. The summed E-state index contributed by atoms with van der Waals surface area (Å²) in [5.74, 6) is 0.508. The van der Waals surface area contributed by atoms with Crippen LogP contribution in [0, 0.1) is 5.92 Å². The number of hydrogen-bond acceptors (Lipinski definition) is 2. The molecule has 1 N–H and O–H groups in total. The molecular weight excluding hydrogens is 356 g/mol. The number of nitrogens with one attached hydrogen (secondary N) is 1. The van der Waals surface area contributed by atoms with Crippen LogP contribution in [0.4, 0.5) is 0 Å². The van der Waals surface area contributed by atoms with Gasteiger partial charge < -0.3 is 5.32 Å². The van der Waals surface area contributed by atoms with Crippen LogP contribution < -0.4 is 5.32 Å². The van der Waals surface area contributed by atoms with Crippen molar-refractivity contribution >= 4 is 28.4 Å². The Kier molecular flexibility index (Phi) is 5.13. The van der Waals surface area contributed by atoms with Gasteiger partial charge in [0.2, 0.25) is 0 Å². The van der Waals surface area contributed by atoms with Crippen molar-refractivity contribution in [2.75, 3.05) is 0 Å². The Bertz CT molecular complexity index is 968. The molecule has 0 saturated heterocycles. The summed E-state index contributed by atoms with van der Waals surface area (Å²) in [7, 11) is 0.